The molecular weight excluding hydrogens is 620 g/mol. The molecule has 42 heavy (non-hydrogen) atoms. The summed E-state index contributed by atoms with van der Waals surface area (Å²) >= 11 is 8.53. The van der Waals surface area contributed by atoms with Gasteiger partial charge in [-0.3, -0.25) is 14.4 Å². The largest absolute Gasteiger partial charge is 0.466 e. The van der Waals surface area contributed by atoms with Crippen molar-refractivity contribution in [3.8, 4) is 9.75 Å². The number of hydrogen-bond acceptors (Lipinski definition) is 9. The van der Waals surface area contributed by atoms with Crippen LogP contribution in [0.15, 0.2) is 28.5 Å². The van der Waals surface area contributed by atoms with E-state index in [1.54, 1.807) is 12.1 Å². The van der Waals surface area contributed by atoms with E-state index in [9.17, 15) is 22.8 Å². The van der Waals surface area contributed by atoms with Gasteiger partial charge in [-0.2, -0.15) is 4.72 Å². The molecule has 2 atom stereocenters. The van der Waals surface area contributed by atoms with Crippen LogP contribution in [0.1, 0.15) is 45.4 Å². The highest BCUT2D eigenvalue weighted by Crippen LogP contribution is 2.37. The molecule has 1 N–H and O–H groups in total. The van der Waals surface area contributed by atoms with Crippen LogP contribution in [0, 0.1) is 5.92 Å². The second-order valence-electron chi connectivity index (χ2n) is 11.0. The van der Waals surface area contributed by atoms with Gasteiger partial charge in [0.1, 0.15) is 10.3 Å². The Bertz CT molecular complexity index is 1390. The van der Waals surface area contributed by atoms with Crippen LogP contribution < -0.4 is 4.72 Å². The molecule has 2 unspecified atom stereocenters. The van der Waals surface area contributed by atoms with E-state index in [-0.39, 0.29) is 40.5 Å². The number of esters is 1. The van der Waals surface area contributed by atoms with E-state index < -0.39 is 16.1 Å². The summed E-state index contributed by atoms with van der Waals surface area (Å²) in [5, 5.41) is 0. The normalized spacial score (nSPS) is 22.6. The Labute approximate surface area is 260 Å². The number of carbonyl (C=O) groups is 3. The molecule has 0 radical (unpaired) electrons. The molecule has 14 heteroatoms. The first-order valence-corrected chi connectivity index (χ1v) is 18.0. The molecule has 5 rings (SSSR count). The standard InChI is InChI=1S/C28H37ClN4O6S3/c1-2-39-28(36)19-11-15-31(16-12-19)17-20-5-3-14-33(20)25(34)18-32-13-4-6-21(27(32)35)30-42(37,38)26-10-8-23(41-26)22-7-9-24(29)40-22/h7-10,19-21,30H,2-6,11-18H2,1H3. The van der Waals surface area contributed by atoms with Gasteiger partial charge in [0.15, 0.2) is 0 Å². The number of carbonyl (C=O) groups excluding carboxylic acids is 3. The molecular formula is C28H37ClN4O6S3. The summed E-state index contributed by atoms with van der Waals surface area (Å²) in [7, 11) is -3.92. The first-order chi connectivity index (χ1) is 20.1. The summed E-state index contributed by atoms with van der Waals surface area (Å²) < 4.78 is 34.8. The van der Waals surface area contributed by atoms with Crippen molar-refractivity contribution in [2.45, 2.75) is 61.7 Å². The number of hydrogen-bond donors (Lipinski definition) is 1. The minimum absolute atomic E-state index is 0.0548. The van der Waals surface area contributed by atoms with E-state index in [0.29, 0.717) is 36.9 Å². The second kappa shape index (κ2) is 13.7. The molecule has 0 aliphatic carbocycles. The molecule has 3 aliphatic rings. The average Bonchev–Trinajstić information content (AvgIpc) is 3.73. The van der Waals surface area contributed by atoms with E-state index >= 15 is 0 Å². The number of ether oxygens (including phenoxy) is 1. The van der Waals surface area contributed by atoms with Crippen LogP contribution in [-0.2, 0) is 29.1 Å². The van der Waals surface area contributed by atoms with E-state index in [2.05, 4.69) is 9.62 Å². The molecule has 0 saturated carbocycles. The lowest BCUT2D eigenvalue weighted by molar-refractivity contribution is -0.149. The Morgan fingerprint density at radius 1 is 1.00 bits per heavy atom. The van der Waals surface area contributed by atoms with Gasteiger partial charge >= 0.3 is 5.97 Å². The highest BCUT2D eigenvalue weighted by atomic mass is 35.5. The first-order valence-electron chi connectivity index (χ1n) is 14.5. The molecule has 0 bridgehead atoms. The SMILES string of the molecule is CCOC(=O)C1CCN(CC2CCCN2C(=O)CN2CCCC(NS(=O)(=O)c3ccc(-c4ccc(Cl)s4)s3)C2=O)CC1. The molecule has 0 spiro atoms. The van der Waals surface area contributed by atoms with Gasteiger partial charge in [-0.25, -0.2) is 8.42 Å². The highest BCUT2D eigenvalue weighted by molar-refractivity contribution is 7.91. The average molecular weight is 657 g/mol. The van der Waals surface area contributed by atoms with Gasteiger partial charge in [0, 0.05) is 35.4 Å². The van der Waals surface area contributed by atoms with Crippen molar-refractivity contribution in [2.24, 2.45) is 5.92 Å². The maximum absolute atomic E-state index is 13.4. The molecule has 230 valence electrons. The summed E-state index contributed by atoms with van der Waals surface area (Å²) in [6, 6.07) is 6.05. The molecule has 0 aromatic carbocycles. The van der Waals surface area contributed by atoms with Gasteiger partial charge in [0.25, 0.3) is 10.0 Å². The third-order valence-electron chi connectivity index (χ3n) is 8.19. The van der Waals surface area contributed by atoms with Gasteiger partial charge in [0.05, 0.1) is 23.4 Å². The number of halogens is 1. The lowest BCUT2D eigenvalue weighted by Crippen LogP contribution is -2.55. The molecule has 2 aromatic rings. The third kappa shape index (κ3) is 7.36. The summed E-state index contributed by atoms with van der Waals surface area (Å²) in [5.41, 5.74) is 0. The summed E-state index contributed by atoms with van der Waals surface area (Å²) in [6.07, 6.45) is 4.32. The van der Waals surface area contributed by atoms with Crippen molar-refractivity contribution in [1.82, 2.24) is 19.4 Å². The number of sulfonamides is 1. The van der Waals surface area contributed by atoms with Gasteiger partial charge < -0.3 is 19.4 Å². The molecule has 5 heterocycles. The lowest BCUT2D eigenvalue weighted by Gasteiger charge is -2.36. The molecule has 2 aromatic heterocycles. The topological polar surface area (TPSA) is 116 Å². The number of amides is 2. The Kier molecular flexibility index (Phi) is 10.3. The molecule has 10 nitrogen and oxygen atoms in total. The Morgan fingerprint density at radius 3 is 2.43 bits per heavy atom. The fourth-order valence-electron chi connectivity index (χ4n) is 6.01. The van der Waals surface area contributed by atoms with Crippen molar-refractivity contribution < 1.29 is 27.5 Å². The quantitative estimate of drug-likeness (QED) is 0.388. The zero-order valence-electron chi connectivity index (χ0n) is 23.6. The van der Waals surface area contributed by atoms with Crippen LogP contribution in [0.2, 0.25) is 4.34 Å². The summed E-state index contributed by atoms with van der Waals surface area (Å²) in [4.78, 5) is 46.1. The zero-order chi connectivity index (χ0) is 29.9. The van der Waals surface area contributed by atoms with Crippen LogP contribution in [-0.4, -0.2) is 98.9 Å². The van der Waals surface area contributed by atoms with Crippen molar-refractivity contribution in [3.05, 3.63) is 28.6 Å². The predicted molar refractivity (Wildman–Crippen MR) is 163 cm³/mol. The molecule has 2 amide bonds. The van der Waals surface area contributed by atoms with Crippen LogP contribution in [0.3, 0.4) is 0 Å². The number of rotatable bonds is 10. The fourth-order valence-corrected chi connectivity index (χ4v) is 9.69. The second-order valence-corrected chi connectivity index (χ2v) is 15.7. The van der Waals surface area contributed by atoms with Crippen LogP contribution in [0.5, 0.6) is 0 Å². The smallest absolute Gasteiger partial charge is 0.309 e. The van der Waals surface area contributed by atoms with Crippen LogP contribution in [0.4, 0.5) is 0 Å². The molecule has 3 fully saturated rings. The van der Waals surface area contributed by atoms with Gasteiger partial charge in [-0.05, 0) is 82.8 Å². The number of piperidine rings is 2. The van der Waals surface area contributed by atoms with Gasteiger partial charge in [0.2, 0.25) is 11.8 Å². The summed E-state index contributed by atoms with van der Waals surface area (Å²) in [6.45, 7) is 5.56. The number of thiophene rings is 2. The molecule has 3 aliphatic heterocycles. The van der Waals surface area contributed by atoms with Crippen LogP contribution >= 0.6 is 34.3 Å². The Morgan fingerprint density at radius 2 is 1.71 bits per heavy atom. The third-order valence-corrected chi connectivity index (χ3v) is 12.7. The molecule has 3 saturated heterocycles. The maximum Gasteiger partial charge on any atom is 0.309 e. The van der Waals surface area contributed by atoms with E-state index in [0.717, 1.165) is 66.4 Å². The van der Waals surface area contributed by atoms with Crippen LogP contribution in [0.25, 0.3) is 9.75 Å². The Hall–Kier alpha value is -2.03. The highest BCUT2D eigenvalue weighted by Gasteiger charge is 2.37. The number of nitrogens with one attached hydrogen (secondary N) is 1. The van der Waals surface area contributed by atoms with E-state index in [1.165, 1.54) is 22.3 Å². The van der Waals surface area contributed by atoms with Crippen molar-refractivity contribution >= 4 is 62.1 Å². The first kappa shape index (κ1) is 31.4. The van der Waals surface area contributed by atoms with Crippen molar-refractivity contribution in [2.75, 3.05) is 45.9 Å². The fraction of sp³-hybridized carbons (Fsp3) is 0.607. The summed E-state index contributed by atoms with van der Waals surface area (Å²) in [5.74, 6) is -0.643. The minimum atomic E-state index is -3.92. The number of likely N-dealkylation sites (tertiary alicyclic amines) is 3. The predicted octanol–water partition coefficient (Wildman–Crippen LogP) is 3.67. The maximum atomic E-state index is 13.4. The van der Waals surface area contributed by atoms with Crippen molar-refractivity contribution in [3.63, 3.8) is 0 Å². The lowest BCUT2D eigenvalue weighted by atomic mass is 9.96. The van der Waals surface area contributed by atoms with E-state index in [4.69, 9.17) is 16.3 Å². The minimum Gasteiger partial charge on any atom is -0.466 e. The van der Waals surface area contributed by atoms with E-state index in [1.807, 2.05) is 17.9 Å². The van der Waals surface area contributed by atoms with Gasteiger partial charge in [-0.1, -0.05) is 11.6 Å². The monoisotopic (exact) mass is 656 g/mol. The van der Waals surface area contributed by atoms with Gasteiger partial charge in [-0.15, -0.1) is 22.7 Å². The van der Waals surface area contributed by atoms with Crippen molar-refractivity contribution in [1.29, 1.82) is 0 Å². The zero-order valence-corrected chi connectivity index (χ0v) is 26.8. The number of nitrogens with zero attached hydrogens (tertiary/aromatic N) is 3. The Balaban J connectivity index is 1.14.